The number of amides is 1. The fourth-order valence-electron chi connectivity index (χ4n) is 4.36. The minimum Gasteiger partial charge on any atom is -0.354 e. The van der Waals surface area contributed by atoms with E-state index in [9.17, 15) is 4.79 Å². The van der Waals surface area contributed by atoms with Gasteiger partial charge in [0.1, 0.15) is 0 Å². The number of piperidine rings is 1. The van der Waals surface area contributed by atoms with Crippen LogP contribution in [-0.2, 0) is 10.3 Å². The molecule has 1 aliphatic rings. The third kappa shape index (κ3) is 5.43. The average Bonchev–Trinajstić information content (AvgIpc) is 2.74. The van der Waals surface area contributed by atoms with Crippen molar-refractivity contribution in [1.29, 1.82) is 0 Å². The second kappa shape index (κ2) is 9.99. The van der Waals surface area contributed by atoms with E-state index in [1.165, 1.54) is 29.5 Å². The van der Waals surface area contributed by atoms with Crippen molar-refractivity contribution in [3.63, 3.8) is 0 Å². The minimum absolute atomic E-state index is 0.0195. The largest absolute Gasteiger partial charge is 0.354 e. The molecule has 1 amide bonds. The van der Waals surface area contributed by atoms with Gasteiger partial charge in [0.2, 0.25) is 5.91 Å². The number of nitrogens with one attached hydrogen (secondary N) is 3. The Kier molecular flexibility index (Phi) is 7.40. The third-order valence-corrected chi connectivity index (χ3v) is 6.07. The highest BCUT2D eigenvalue weighted by Gasteiger charge is 2.35. The van der Waals surface area contributed by atoms with Gasteiger partial charge in [-0.3, -0.25) is 9.78 Å². The summed E-state index contributed by atoms with van der Waals surface area (Å²) in [5.74, 6) is 0.729. The molecule has 5 nitrogen and oxygen atoms in total. The summed E-state index contributed by atoms with van der Waals surface area (Å²) in [7, 11) is 0. The fraction of sp³-hybridized carbons (Fsp3) is 0.500. The average molecular weight is 395 g/mol. The molecule has 0 spiro atoms. The second-order valence-electron chi connectivity index (χ2n) is 8.28. The highest BCUT2D eigenvalue weighted by molar-refractivity contribution is 5.73. The van der Waals surface area contributed by atoms with Crippen LogP contribution in [0.1, 0.15) is 48.4 Å². The molecule has 2 heterocycles. The standard InChI is InChI=1S/C24H34N4O/c1-18-4-5-19(2)23(16-18)24(17-27-20(3)29,22-9-13-26-14-10-22)28-15-8-21-6-11-25-12-7-21/h4-5,9-10,13-14,16,21,25,28H,6-8,11-12,15,17H2,1-3H3,(H,27,29). The minimum atomic E-state index is -0.488. The summed E-state index contributed by atoms with van der Waals surface area (Å²) in [5.41, 5.74) is 4.28. The molecule has 1 unspecified atom stereocenters. The number of pyridine rings is 1. The number of carbonyl (C=O) groups excluding carboxylic acids is 1. The van der Waals surface area contributed by atoms with Gasteiger partial charge in [-0.1, -0.05) is 23.8 Å². The third-order valence-electron chi connectivity index (χ3n) is 6.07. The zero-order valence-electron chi connectivity index (χ0n) is 17.9. The van der Waals surface area contributed by atoms with Crippen molar-refractivity contribution in [3.8, 4) is 0 Å². The van der Waals surface area contributed by atoms with Gasteiger partial charge < -0.3 is 16.0 Å². The maximum Gasteiger partial charge on any atom is 0.216 e. The number of hydrogen-bond donors (Lipinski definition) is 3. The van der Waals surface area contributed by atoms with E-state index in [-0.39, 0.29) is 5.91 Å². The normalized spacial score (nSPS) is 16.9. The number of carbonyl (C=O) groups is 1. The molecule has 29 heavy (non-hydrogen) atoms. The molecule has 3 rings (SSSR count). The van der Waals surface area contributed by atoms with Crippen LogP contribution < -0.4 is 16.0 Å². The molecule has 3 N–H and O–H groups in total. The first-order valence-electron chi connectivity index (χ1n) is 10.7. The highest BCUT2D eigenvalue weighted by Crippen LogP contribution is 2.32. The van der Waals surface area contributed by atoms with Crippen LogP contribution in [0.25, 0.3) is 0 Å². The molecule has 156 valence electrons. The summed E-state index contributed by atoms with van der Waals surface area (Å²) in [4.78, 5) is 16.1. The summed E-state index contributed by atoms with van der Waals surface area (Å²) in [6, 6.07) is 10.7. The molecule has 1 aromatic heterocycles. The Morgan fingerprint density at radius 3 is 2.59 bits per heavy atom. The fourth-order valence-corrected chi connectivity index (χ4v) is 4.36. The second-order valence-corrected chi connectivity index (χ2v) is 8.28. The van der Waals surface area contributed by atoms with Crippen molar-refractivity contribution in [2.75, 3.05) is 26.2 Å². The number of aromatic nitrogens is 1. The lowest BCUT2D eigenvalue weighted by molar-refractivity contribution is -0.119. The van der Waals surface area contributed by atoms with E-state index < -0.39 is 5.54 Å². The van der Waals surface area contributed by atoms with Gasteiger partial charge in [0.05, 0.1) is 5.54 Å². The van der Waals surface area contributed by atoms with Crippen molar-refractivity contribution in [2.45, 2.75) is 45.6 Å². The number of aryl methyl sites for hydroxylation is 2. The number of hydrogen-bond acceptors (Lipinski definition) is 4. The summed E-state index contributed by atoms with van der Waals surface area (Å²) in [5, 5.41) is 10.4. The van der Waals surface area contributed by atoms with Gasteiger partial charge in [-0.05, 0) is 87.5 Å². The Morgan fingerprint density at radius 1 is 1.17 bits per heavy atom. The Bertz CT molecular complexity index is 802. The van der Waals surface area contributed by atoms with Crippen LogP contribution in [0.5, 0.6) is 0 Å². The van der Waals surface area contributed by atoms with E-state index in [1.54, 1.807) is 6.92 Å². The van der Waals surface area contributed by atoms with E-state index in [0.29, 0.717) is 6.54 Å². The van der Waals surface area contributed by atoms with Crippen LogP contribution in [0.3, 0.4) is 0 Å². The Labute approximate surface area is 174 Å². The molecule has 0 saturated carbocycles. The molecule has 0 radical (unpaired) electrons. The SMILES string of the molecule is CC(=O)NCC(NCCC1CCNCC1)(c1ccncc1)c1cc(C)ccc1C. The monoisotopic (exact) mass is 394 g/mol. The lowest BCUT2D eigenvalue weighted by Gasteiger charge is -2.38. The van der Waals surface area contributed by atoms with Crippen molar-refractivity contribution in [2.24, 2.45) is 5.92 Å². The van der Waals surface area contributed by atoms with Crippen LogP contribution in [-0.4, -0.2) is 37.1 Å². The van der Waals surface area contributed by atoms with Gasteiger partial charge in [-0.15, -0.1) is 0 Å². The molecule has 1 atom stereocenters. The Morgan fingerprint density at radius 2 is 1.90 bits per heavy atom. The maximum absolute atomic E-state index is 11.9. The van der Waals surface area contributed by atoms with E-state index in [1.807, 2.05) is 12.4 Å². The van der Waals surface area contributed by atoms with Crippen molar-refractivity contribution < 1.29 is 4.79 Å². The number of benzene rings is 1. The zero-order valence-corrected chi connectivity index (χ0v) is 17.9. The number of nitrogens with zero attached hydrogens (tertiary/aromatic N) is 1. The van der Waals surface area contributed by atoms with Gasteiger partial charge in [-0.25, -0.2) is 0 Å². The number of rotatable bonds is 8. The van der Waals surface area contributed by atoms with E-state index in [4.69, 9.17) is 0 Å². The van der Waals surface area contributed by atoms with E-state index in [2.05, 4.69) is 65.1 Å². The molecule has 1 fully saturated rings. The van der Waals surface area contributed by atoms with Gasteiger partial charge >= 0.3 is 0 Å². The topological polar surface area (TPSA) is 66.1 Å². The van der Waals surface area contributed by atoms with Crippen LogP contribution in [0.4, 0.5) is 0 Å². The van der Waals surface area contributed by atoms with Crippen molar-refractivity contribution in [3.05, 3.63) is 65.0 Å². The van der Waals surface area contributed by atoms with E-state index in [0.717, 1.165) is 37.5 Å². The summed E-state index contributed by atoms with van der Waals surface area (Å²) in [6.45, 7) is 9.48. The first kappa shape index (κ1) is 21.5. The van der Waals surface area contributed by atoms with Gasteiger partial charge in [0.15, 0.2) is 0 Å². The van der Waals surface area contributed by atoms with Gasteiger partial charge in [0, 0.05) is 25.9 Å². The molecule has 0 bridgehead atoms. The Balaban J connectivity index is 1.96. The molecule has 1 aromatic carbocycles. The Hall–Kier alpha value is -2.24. The van der Waals surface area contributed by atoms with Crippen LogP contribution in [0.15, 0.2) is 42.7 Å². The van der Waals surface area contributed by atoms with Crippen molar-refractivity contribution >= 4 is 5.91 Å². The first-order valence-corrected chi connectivity index (χ1v) is 10.7. The summed E-state index contributed by atoms with van der Waals surface area (Å²) < 4.78 is 0. The van der Waals surface area contributed by atoms with Crippen molar-refractivity contribution in [1.82, 2.24) is 20.9 Å². The molecular weight excluding hydrogens is 360 g/mol. The predicted molar refractivity (Wildman–Crippen MR) is 118 cm³/mol. The lowest BCUT2D eigenvalue weighted by Crippen LogP contribution is -2.52. The smallest absolute Gasteiger partial charge is 0.216 e. The molecule has 0 aliphatic carbocycles. The lowest BCUT2D eigenvalue weighted by atomic mass is 9.79. The van der Waals surface area contributed by atoms with E-state index >= 15 is 0 Å². The molecule has 5 heteroatoms. The molecule has 1 saturated heterocycles. The van der Waals surface area contributed by atoms with Crippen LogP contribution in [0, 0.1) is 19.8 Å². The molecule has 1 aliphatic heterocycles. The van der Waals surface area contributed by atoms with Crippen LogP contribution >= 0.6 is 0 Å². The summed E-state index contributed by atoms with van der Waals surface area (Å²) >= 11 is 0. The molecular formula is C24H34N4O. The summed E-state index contributed by atoms with van der Waals surface area (Å²) in [6.07, 6.45) is 7.27. The highest BCUT2D eigenvalue weighted by atomic mass is 16.1. The zero-order chi connectivity index (χ0) is 20.7. The van der Waals surface area contributed by atoms with Gasteiger partial charge in [-0.2, -0.15) is 0 Å². The maximum atomic E-state index is 11.9. The van der Waals surface area contributed by atoms with Crippen LogP contribution in [0.2, 0.25) is 0 Å². The quantitative estimate of drug-likeness (QED) is 0.644. The molecule has 2 aromatic rings. The predicted octanol–water partition coefficient (Wildman–Crippen LogP) is 3.06. The first-order chi connectivity index (χ1) is 14.0. The van der Waals surface area contributed by atoms with Gasteiger partial charge in [0.25, 0.3) is 0 Å².